The van der Waals surface area contributed by atoms with Crippen molar-refractivity contribution in [1.29, 1.82) is 0 Å². The summed E-state index contributed by atoms with van der Waals surface area (Å²) in [6.45, 7) is 0.295. The van der Waals surface area contributed by atoms with E-state index in [-0.39, 0.29) is 18.2 Å². The quantitative estimate of drug-likeness (QED) is 0.785. The Morgan fingerprint density at radius 2 is 1.96 bits per heavy atom. The highest BCUT2D eigenvalue weighted by Crippen LogP contribution is 2.40. The van der Waals surface area contributed by atoms with Gasteiger partial charge in [-0.15, -0.1) is 0 Å². The number of fused-ring (bicyclic) bond motifs is 1. The van der Waals surface area contributed by atoms with E-state index in [1.807, 2.05) is 0 Å². The van der Waals surface area contributed by atoms with Crippen LogP contribution < -0.4 is 24.8 Å². The number of nitrogens with zero attached hydrogens (tertiary/aromatic N) is 3. The van der Waals surface area contributed by atoms with Gasteiger partial charge >= 0.3 is 0 Å². The Balaban J connectivity index is 1.71. The number of ether oxygens (including phenoxy) is 3. The molecule has 0 spiro atoms. The van der Waals surface area contributed by atoms with Crippen molar-refractivity contribution in [3.05, 3.63) is 18.5 Å². The summed E-state index contributed by atoms with van der Waals surface area (Å²) in [4.78, 5) is 28.4. The number of amides is 2. The van der Waals surface area contributed by atoms with Gasteiger partial charge in [0.25, 0.3) is 0 Å². The van der Waals surface area contributed by atoms with Crippen LogP contribution in [0.1, 0.15) is 6.42 Å². The van der Waals surface area contributed by atoms with Crippen molar-refractivity contribution in [3.63, 3.8) is 0 Å². The Hall–Kier alpha value is -3.30. The third-order valence-electron chi connectivity index (χ3n) is 3.99. The summed E-state index contributed by atoms with van der Waals surface area (Å²) in [6.07, 6.45) is 1.36. The lowest BCUT2D eigenvalue weighted by molar-refractivity contribution is -0.125. The normalized spacial score (nSPS) is 15.7. The molecule has 0 saturated carbocycles. The second-order valence-corrected chi connectivity index (χ2v) is 5.62. The van der Waals surface area contributed by atoms with Gasteiger partial charge in [-0.2, -0.15) is 10.1 Å². The van der Waals surface area contributed by atoms with Gasteiger partial charge in [0.1, 0.15) is 6.33 Å². The summed E-state index contributed by atoms with van der Waals surface area (Å²) in [5.74, 6) is 0.545. The van der Waals surface area contributed by atoms with Gasteiger partial charge in [0.15, 0.2) is 11.5 Å². The summed E-state index contributed by atoms with van der Waals surface area (Å²) in [5, 5.41) is 9.38. The minimum absolute atomic E-state index is 0.00178. The zero-order chi connectivity index (χ0) is 18.7. The van der Waals surface area contributed by atoms with Crippen LogP contribution in [0.5, 0.6) is 17.2 Å². The van der Waals surface area contributed by atoms with Gasteiger partial charge in [-0.25, -0.2) is 4.68 Å². The molecule has 2 amide bonds. The first-order chi connectivity index (χ1) is 12.5. The molecule has 2 heterocycles. The molecule has 0 aliphatic carbocycles. The molecule has 10 heteroatoms. The van der Waals surface area contributed by atoms with Gasteiger partial charge in [0, 0.05) is 24.2 Å². The number of aromatic nitrogens is 3. The van der Waals surface area contributed by atoms with Crippen LogP contribution in [0.2, 0.25) is 0 Å². The first kappa shape index (κ1) is 17.5. The van der Waals surface area contributed by atoms with E-state index < -0.39 is 5.92 Å². The number of nitrogens with one attached hydrogen (secondary N) is 2. The van der Waals surface area contributed by atoms with Gasteiger partial charge in [0.2, 0.25) is 23.5 Å². The molecule has 2 N–H and O–H groups in total. The van der Waals surface area contributed by atoms with E-state index in [4.69, 9.17) is 14.2 Å². The van der Waals surface area contributed by atoms with E-state index in [2.05, 4.69) is 20.7 Å². The van der Waals surface area contributed by atoms with Gasteiger partial charge in [0.05, 0.1) is 33.8 Å². The zero-order valence-corrected chi connectivity index (χ0v) is 14.6. The van der Waals surface area contributed by atoms with Crippen molar-refractivity contribution in [2.45, 2.75) is 13.0 Å². The molecular formula is C16H19N5O5. The summed E-state index contributed by atoms with van der Waals surface area (Å²) < 4.78 is 17.3. The molecule has 2 aromatic rings. The highest BCUT2D eigenvalue weighted by atomic mass is 16.5. The maximum atomic E-state index is 12.4. The lowest BCUT2D eigenvalue weighted by Gasteiger charge is -2.22. The fourth-order valence-electron chi connectivity index (χ4n) is 2.74. The molecule has 1 aliphatic heterocycles. The first-order valence-corrected chi connectivity index (χ1v) is 7.84. The molecule has 138 valence electrons. The second-order valence-electron chi connectivity index (χ2n) is 5.62. The Bertz CT molecular complexity index is 809. The lowest BCUT2D eigenvalue weighted by atomic mass is 10.0. The molecule has 1 aliphatic rings. The average Bonchev–Trinajstić information content (AvgIpc) is 3.08. The van der Waals surface area contributed by atoms with Crippen LogP contribution in [0.25, 0.3) is 0 Å². The van der Waals surface area contributed by atoms with Crippen LogP contribution in [0.15, 0.2) is 18.5 Å². The molecule has 0 radical (unpaired) electrons. The largest absolute Gasteiger partial charge is 0.493 e. The summed E-state index contributed by atoms with van der Waals surface area (Å²) in [6, 6.07) is 3.24. The number of rotatable bonds is 6. The molecule has 1 aromatic carbocycles. The van der Waals surface area contributed by atoms with E-state index in [1.54, 1.807) is 16.8 Å². The second kappa shape index (κ2) is 7.30. The van der Waals surface area contributed by atoms with Crippen molar-refractivity contribution in [2.24, 2.45) is 5.92 Å². The molecular weight excluding hydrogens is 342 g/mol. The maximum Gasteiger partial charge on any atom is 0.232 e. The Morgan fingerprint density at radius 3 is 2.58 bits per heavy atom. The summed E-state index contributed by atoms with van der Waals surface area (Å²) in [5.41, 5.74) is 0.474. The monoisotopic (exact) mass is 361 g/mol. The maximum absolute atomic E-state index is 12.4. The van der Waals surface area contributed by atoms with Crippen LogP contribution in [0.4, 0.5) is 11.6 Å². The molecule has 10 nitrogen and oxygen atoms in total. The van der Waals surface area contributed by atoms with Crippen LogP contribution in [0, 0.1) is 5.92 Å². The first-order valence-electron chi connectivity index (χ1n) is 7.84. The van der Waals surface area contributed by atoms with Crippen molar-refractivity contribution in [2.75, 3.05) is 32.0 Å². The molecule has 0 unspecified atom stereocenters. The highest BCUT2D eigenvalue weighted by molar-refractivity contribution is 5.98. The van der Waals surface area contributed by atoms with Crippen molar-refractivity contribution >= 4 is 23.5 Å². The molecule has 0 bridgehead atoms. The smallest absolute Gasteiger partial charge is 0.232 e. The average molecular weight is 361 g/mol. The van der Waals surface area contributed by atoms with E-state index in [0.29, 0.717) is 35.4 Å². The number of carbonyl (C=O) groups is 2. The number of anilines is 2. The van der Waals surface area contributed by atoms with Crippen molar-refractivity contribution < 1.29 is 23.8 Å². The molecule has 1 atom stereocenters. The predicted molar refractivity (Wildman–Crippen MR) is 91.5 cm³/mol. The van der Waals surface area contributed by atoms with Crippen LogP contribution >= 0.6 is 0 Å². The fourth-order valence-corrected chi connectivity index (χ4v) is 2.74. The lowest BCUT2D eigenvalue weighted by Crippen LogP contribution is -2.36. The van der Waals surface area contributed by atoms with E-state index >= 15 is 0 Å². The van der Waals surface area contributed by atoms with Gasteiger partial charge in [-0.1, -0.05) is 0 Å². The number of hydrogen-bond acceptors (Lipinski definition) is 7. The van der Waals surface area contributed by atoms with Gasteiger partial charge in [-0.3, -0.25) is 14.9 Å². The SMILES string of the molecule is COc1cc(NC(=O)C[C@H]2Cn3ncnc3NC2=O)cc(OC)c1OC. The summed E-state index contributed by atoms with van der Waals surface area (Å²) in [7, 11) is 4.48. The fraction of sp³-hybridized carbons (Fsp3) is 0.375. The van der Waals surface area contributed by atoms with Gasteiger partial charge in [-0.05, 0) is 0 Å². The number of hydrogen-bond donors (Lipinski definition) is 2. The molecule has 0 fully saturated rings. The van der Waals surface area contributed by atoms with Crippen LogP contribution in [-0.2, 0) is 16.1 Å². The third kappa shape index (κ3) is 3.39. The Kier molecular flexibility index (Phi) is 4.92. The van der Waals surface area contributed by atoms with Gasteiger partial charge < -0.3 is 19.5 Å². The Morgan fingerprint density at radius 1 is 1.27 bits per heavy atom. The van der Waals surface area contributed by atoms with E-state index in [0.717, 1.165) is 0 Å². The number of benzene rings is 1. The predicted octanol–water partition coefficient (Wildman–Crippen LogP) is 0.901. The number of methoxy groups -OCH3 is 3. The molecule has 3 rings (SSSR count). The Labute approximate surface area is 149 Å². The minimum Gasteiger partial charge on any atom is -0.493 e. The number of carbonyl (C=O) groups excluding carboxylic acids is 2. The van der Waals surface area contributed by atoms with Crippen LogP contribution in [-0.4, -0.2) is 47.9 Å². The topological polar surface area (TPSA) is 117 Å². The standard InChI is InChI=1S/C16H19N5O5/c1-24-11-5-10(6-12(25-2)14(11)26-3)19-13(22)4-9-7-21-16(17-8-18-21)20-15(9)23/h5-6,8-9H,4,7H2,1-3H3,(H,19,22)(H,17,18,20,23)/t9-/m0/s1. The van der Waals surface area contributed by atoms with Crippen LogP contribution in [0.3, 0.4) is 0 Å². The van der Waals surface area contributed by atoms with Crippen molar-refractivity contribution in [1.82, 2.24) is 14.8 Å². The third-order valence-corrected chi connectivity index (χ3v) is 3.99. The van der Waals surface area contributed by atoms with E-state index in [9.17, 15) is 9.59 Å². The van der Waals surface area contributed by atoms with E-state index in [1.165, 1.54) is 27.7 Å². The molecule has 1 aromatic heterocycles. The minimum atomic E-state index is -0.536. The zero-order valence-electron chi connectivity index (χ0n) is 14.6. The molecule has 26 heavy (non-hydrogen) atoms. The van der Waals surface area contributed by atoms with Crippen molar-refractivity contribution in [3.8, 4) is 17.2 Å². The summed E-state index contributed by atoms with van der Waals surface area (Å²) >= 11 is 0. The molecule has 0 saturated heterocycles. The highest BCUT2D eigenvalue weighted by Gasteiger charge is 2.29.